The molecule has 0 heterocycles. The number of ketones is 1. The number of allylic oxidation sites excluding steroid dienone is 1. The van der Waals surface area contributed by atoms with Gasteiger partial charge in [0.1, 0.15) is 0 Å². The second-order valence-electron chi connectivity index (χ2n) is 1.58. The van der Waals surface area contributed by atoms with Gasteiger partial charge in [-0.25, -0.2) is 0 Å². The van der Waals surface area contributed by atoms with Gasteiger partial charge in [-0.05, 0) is 12.5 Å². The van der Waals surface area contributed by atoms with E-state index in [1.165, 1.54) is 6.42 Å². The van der Waals surface area contributed by atoms with E-state index in [1.807, 2.05) is 0 Å². The van der Waals surface area contributed by atoms with E-state index in [9.17, 15) is 4.79 Å². The van der Waals surface area contributed by atoms with Crippen molar-refractivity contribution in [2.45, 2.75) is 6.92 Å². The van der Waals surface area contributed by atoms with Crippen molar-refractivity contribution >= 4 is 5.78 Å². The summed E-state index contributed by atoms with van der Waals surface area (Å²) < 4.78 is 0. The van der Waals surface area contributed by atoms with Crippen LogP contribution in [0.4, 0.5) is 0 Å². The largest absolute Gasteiger partial charge is 0.330 e. The molecule has 2 nitrogen and oxygen atoms in total. The van der Waals surface area contributed by atoms with Crippen molar-refractivity contribution in [2.75, 3.05) is 6.54 Å². The first kappa shape index (κ1) is 7.37. The highest BCUT2D eigenvalue weighted by Crippen LogP contribution is 1.90. The van der Waals surface area contributed by atoms with Gasteiger partial charge < -0.3 is 5.73 Å². The Kier molecular flexibility index (Phi) is 3.12. The summed E-state index contributed by atoms with van der Waals surface area (Å²) in [6, 6.07) is 0. The van der Waals surface area contributed by atoms with Crippen LogP contribution in [0.3, 0.4) is 0 Å². The molecule has 0 amide bonds. The molecule has 0 bridgehead atoms. The van der Waals surface area contributed by atoms with Crippen LogP contribution in [0.5, 0.6) is 0 Å². The minimum atomic E-state index is -0.0625. The maximum Gasteiger partial charge on any atom is 0.163 e. The summed E-state index contributed by atoms with van der Waals surface area (Å²) in [7, 11) is 0. The average Bonchev–Trinajstić information content (AvgIpc) is 1.67. The van der Waals surface area contributed by atoms with E-state index in [2.05, 4.69) is 6.58 Å². The van der Waals surface area contributed by atoms with Crippen LogP contribution < -0.4 is 5.73 Å². The molecule has 0 aliphatic heterocycles. The van der Waals surface area contributed by atoms with Crippen molar-refractivity contribution in [3.63, 3.8) is 0 Å². The van der Waals surface area contributed by atoms with Gasteiger partial charge in [-0.2, -0.15) is 0 Å². The molecule has 0 rings (SSSR count). The van der Waals surface area contributed by atoms with E-state index in [-0.39, 0.29) is 5.78 Å². The van der Waals surface area contributed by atoms with Gasteiger partial charge in [0.25, 0.3) is 0 Å². The zero-order chi connectivity index (χ0) is 6.57. The molecule has 0 atom stereocenters. The molecular formula is C6H10NO. The van der Waals surface area contributed by atoms with Gasteiger partial charge in [0, 0.05) is 13.0 Å². The monoisotopic (exact) mass is 112 g/mol. The second kappa shape index (κ2) is 3.38. The maximum absolute atomic E-state index is 10.5. The van der Waals surface area contributed by atoms with E-state index in [1.54, 1.807) is 6.92 Å². The van der Waals surface area contributed by atoms with Crippen molar-refractivity contribution in [3.8, 4) is 0 Å². The first-order chi connectivity index (χ1) is 3.68. The molecule has 0 aliphatic carbocycles. The summed E-state index contributed by atoms with van der Waals surface area (Å²) in [6.45, 7) is 5.40. The quantitative estimate of drug-likeness (QED) is 0.533. The second-order valence-corrected chi connectivity index (χ2v) is 1.58. The number of Topliss-reactive ketones (excluding diaryl/α,β-unsaturated/α-hetero) is 1. The third-order valence-corrected chi connectivity index (χ3v) is 0.724. The highest BCUT2D eigenvalue weighted by Gasteiger charge is 1.97. The lowest BCUT2D eigenvalue weighted by Gasteiger charge is -1.91. The molecule has 8 heavy (non-hydrogen) atoms. The SMILES string of the molecule is C=C(C)C(=O)[CH]CN. The number of hydrogen-bond donors (Lipinski definition) is 1. The maximum atomic E-state index is 10.5. The number of carbonyl (C=O) groups excluding carboxylic acids is 1. The number of carbonyl (C=O) groups is 1. The molecule has 0 fully saturated rings. The zero-order valence-electron chi connectivity index (χ0n) is 4.98. The third-order valence-electron chi connectivity index (χ3n) is 0.724. The van der Waals surface area contributed by atoms with E-state index in [4.69, 9.17) is 5.73 Å². The normalized spacial score (nSPS) is 8.75. The third kappa shape index (κ3) is 2.53. The molecule has 0 unspecified atom stereocenters. The Bertz CT molecular complexity index is 107. The number of nitrogens with two attached hydrogens (primary N) is 1. The van der Waals surface area contributed by atoms with Gasteiger partial charge in [-0.3, -0.25) is 4.79 Å². The molecule has 2 N–H and O–H groups in total. The lowest BCUT2D eigenvalue weighted by Crippen LogP contribution is -2.08. The summed E-state index contributed by atoms with van der Waals surface area (Å²) in [4.78, 5) is 10.5. The Balaban J connectivity index is 3.49. The zero-order valence-corrected chi connectivity index (χ0v) is 4.98. The van der Waals surface area contributed by atoms with Gasteiger partial charge >= 0.3 is 0 Å². The van der Waals surface area contributed by atoms with Crippen molar-refractivity contribution in [3.05, 3.63) is 18.6 Å². The minimum absolute atomic E-state index is 0.0625. The van der Waals surface area contributed by atoms with E-state index >= 15 is 0 Å². The van der Waals surface area contributed by atoms with Gasteiger partial charge in [-0.15, -0.1) is 0 Å². The predicted octanol–water partition coefficient (Wildman–Crippen LogP) is 0.295. The summed E-state index contributed by atoms with van der Waals surface area (Å²) in [5.41, 5.74) is 5.59. The van der Waals surface area contributed by atoms with Gasteiger partial charge in [0.2, 0.25) is 0 Å². The molecular weight excluding hydrogens is 102 g/mol. The highest BCUT2D eigenvalue weighted by molar-refractivity contribution is 6.00. The topological polar surface area (TPSA) is 43.1 Å². The predicted molar refractivity (Wildman–Crippen MR) is 33.2 cm³/mol. The van der Waals surface area contributed by atoms with Gasteiger partial charge in [0.05, 0.1) is 0 Å². The van der Waals surface area contributed by atoms with E-state index < -0.39 is 0 Å². The minimum Gasteiger partial charge on any atom is -0.330 e. The van der Waals surface area contributed by atoms with Gasteiger partial charge in [-0.1, -0.05) is 6.58 Å². The molecule has 0 saturated carbocycles. The fourth-order valence-electron chi connectivity index (χ4n) is 0.281. The Morgan fingerprint density at radius 2 is 2.38 bits per heavy atom. The molecule has 2 heteroatoms. The van der Waals surface area contributed by atoms with Gasteiger partial charge in [0.15, 0.2) is 5.78 Å². The fourth-order valence-corrected chi connectivity index (χ4v) is 0.281. The first-order valence-electron chi connectivity index (χ1n) is 2.41. The van der Waals surface area contributed by atoms with Crippen LogP contribution >= 0.6 is 0 Å². The van der Waals surface area contributed by atoms with Crippen molar-refractivity contribution < 1.29 is 4.79 Å². The Labute approximate surface area is 49.4 Å². The van der Waals surface area contributed by atoms with Crippen LogP contribution in [-0.2, 0) is 4.79 Å². The molecule has 0 saturated heterocycles. The molecule has 0 aromatic heterocycles. The van der Waals surface area contributed by atoms with Crippen molar-refractivity contribution in [1.29, 1.82) is 0 Å². The summed E-state index contributed by atoms with van der Waals surface area (Å²) in [5, 5.41) is 0. The van der Waals surface area contributed by atoms with Crippen molar-refractivity contribution in [1.82, 2.24) is 0 Å². The van der Waals surface area contributed by atoms with E-state index in [0.717, 1.165) is 0 Å². The van der Waals surface area contributed by atoms with Crippen LogP contribution in [0.2, 0.25) is 0 Å². The Morgan fingerprint density at radius 1 is 1.88 bits per heavy atom. The smallest absolute Gasteiger partial charge is 0.163 e. The number of rotatable bonds is 3. The average molecular weight is 112 g/mol. The fraction of sp³-hybridized carbons (Fsp3) is 0.333. The van der Waals surface area contributed by atoms with Crippen LogP contribution in [0.25, 0.3) is 0 Å². The summed E-state index contributed by atoms with van der Waals surface area (Å²) >= 11 is 0. The lowest BCUT2D eigenvalue weighted by atomic mass is 10.2. The Hall–Kier alpha value is -0.630. The van der Waals surface area contributed by atoms with Crippen LogP contribution in [-0.4, -0.2) is 12.3 Å². The lowest BCUT2D eigenvalue weighted by molar-refractivity contribution is -0.112. The first-order valence-corrected chi connectivity index (χ1v) is 2.41. The molecule has 0 aromatic rings. The summed E-state index contributed by atoms with van der Waals surface area (Å²) in [6.07, 6.45) is 1.41. The molecule has 0 aliphatic rings. The molecule has 0 aromatic carbocycles. The molecule has 0 spiro atoms. The summed E-state index contributed by atoms with van der Waals surface area (Å²) in [5.74, 6) is -0.0625. The van der Waals surface area contributed by atoms with E-state index in [0.29, 0.717) is 12.1 Å². The number of hydrogen-bond acceptors (Lipinski definition) is 2. The van der Waals surface area contributed by atoms with Crippen LogP contribution in [0.15, 0.2) is 12.2 Å². The molecule has 45 valence electrons. The van der Waals surface area contributed by atoms with Crippen LogP contribution in [0, 0.1) is 6.42 Å². The molecule has 1 radical (unpaired) electrons. The Morgan fingerprint density at radius 3 is 2.50 bits per heavy atom. The standard InChI is InChI=1S/C6H10NO/c1-5(2)6(8)3-4-7/h3H,1,4,7H2,2H3. The van der Waals surface area contributed by atoms with Crippen LogP contribution in [0.1, 0.15) is 6.92 Å². The van der Waals surface area contributed by atoms with Crippen molar-refractivity contribution in [2.24, 2.45) is 5.73 Å². The highest BCUT2D eigenvalue weighted by atomic mass is 16.1.